The second-order valence-corrected chi connectivity index (χ2v) is 4.39. The van der Waals surface area contributed by atoms with Crippen molar-refractivity contribution in [2.75, 3.05) is 12.3 Å². The molecule has 0 aromatic heterocycles. The van der Waals surface area contributed by atoms with Crippen LogP contribution in [0.15, 0.2) is 29.2 Å². The van der Waals surface area contributed by atoms with Crippen LogP contribution in [-0.2, 0) is 9.47 Å². The number of hydrogen-bond donors (Lipinski definition) is 1. The van der Waals surface area contributed by atoms with Gasteiger partial charge < -0.3 is 15.2 Å². The molecule has 1 aliphatic heterocycles. The molecule has 1 heterocycles. The van der Waals surface area contributed by atoms with Crippen molar-refractivity contribution in [3.63, 3.8) is 0 Å². The van der Waals surface area contributed by atoms with Crippen LogP contribution >= 0.6 is 11.8 Å². The number of anilines is 1. The van der Waals surface area contributed by atoms with E-state index in [0.29, 0.717) is 6.61 Å². The molecule has 0 amide bonds. The van der Waals surface area contributed by atoms with E-state index in [-0.39, 0.29) is 11.7 Å². The molecule has 1 fully saturated rings. The van der Waals surface area contributed by atoms with Crippen molar-refractivity contribution in [2.24, 2.45) is 0 Å². The van der Waals surface area contributed by atoms with E-state index in [2.05, 4.69) is 0 Å². The Balaban J connectivity index is 1.94. The van der Waals surface area contributed by atoms with E-state index in [1.807, 2.05) is 31.2 Å². The van der Waals surface area contributed by atoms with E-state index < -0.39 is 0 Å². The van der Waals surface area contributed by atoms with Crippen LogP contribution in [0, 0.1) is 0 Å². The maximum absolute atomic E-state index is 5.59. The monoisotopic (exact) mass is 211 g/mol. The van der Waals surface area contributed by atoms with Gasteiger partial charge in [0.15, 0.2) is 6.29 Å². The predicted octanol–water partition coefficient (Wildman–Crippen LogP) is 2.08. The quantitative estimate of drug-likeness (QED) is 0.761. The van der Waals surface area contributed by atoms with Crippen LogP contribution in [0.4, 0.5) is 5.69 Å². The van der Waals surface area contributed by atoms with Crippen molar-refractivity contribution in [2.45, 2.75) is 23.5 Å². The van der Waals surface area contributed by atoms with Crippen LogP contribution in [0.1, 0.15) is 6.92 Å². The van der Waals surface area contributed by atoms with Gasteiger partial charge in [0.1, 0.15) is 5.44 Å². The zero-order chi connectivity index (χ0) is 9.97. The Labute approximate surface area is 87.6 Å². The molecule has 3 nitrogen and oxygen atoms in total. The Bertz CT molecular complexity index is 301. The molecular formula is C10H13NO2S. The topological polar surface area (TPSA) is 44.5 Å². The smallest absolute Gasteiger partial charge is 0.156 e. The van der Waals surface area contributed by atoms with Gasteiger partial charge in [0.25, 0.3) is 0 Å². The summed E-state index contributed by atoms with van der Waals surface area (Å²) in [6, 6.07) is 7.77. The zero-order valence-corrected chi connectivity index (χ0v) is 8.79. The standard InChI is InChI=1S/C10H13NO2S/c1-7-12-6-10(13-7)14-9-4-2-8(11)3-5-9/h2-5,7,10H,6,11H2,1H3. The van der Waals surface area contributed by atoms with Gasteiger partial charge >= 0.3 is 0 Å². The highest BCUT2D eigenvalue weighted by molar-refractivity contribution is 7.99. The molecule has 0 saturated carbocycles. The summed E-state index contributed by atoms with van der Waals surface area (Å²) in [5.41, 5.74) is 6.48. The highest BCUT2D eigenvalue weighted by Crippen LogP contribution is 2.29. The highest BCUT2D eigenvalue weighted by Gasteiger charge is 2.22. The van der Waals surface area contributed by atoms with Crippen LogP contribution < -0.4 is 5.73 Å². The van der Waals surface area contributed by atoms with Crippen molar-refractivity contribution in [1.29, 1.82) is 0 Å². The summed E-state index contributed by atoms with van der Waals surface area (Å²) in [6.45, 7) is 2.56. The maximum Gasteiger partial charge on any atom is 0.156 e. The van der Waals surface area contributed by atoms with Crippen LogP contribution in [0.25, 0.3) is 0 Å². The third kappa shape index (κ3) is 2.41. The molecule has 1 aromatic rings. The molecule has 76 valence electrons. The van der Waals surface area contributed by atoms with Crippen molar-refractivity contribution in [3.8, 4) is 0 Å². The molecule has 2 unspecified atom stereocenters. The molecule has 0 bridgehead atoms. The van der Waals surface area contributed by atoms with Gasteiger partial charge in [-0.1, -0.05) is 11.8 Å². The fraction of sp³-hybridized carbons (Fsp3) is 0.400. The number of hydrogen-bond acceptors (Lipinski definition) is 4. The number of ether oxygens (including phenoxy) is 2. The Kier molecular flexibility index (Phi) is 2.96. The van der Waals surface area contributed by atoms with Crippen molar-refractivity contribution in [1.82, 2.24) is 0 Å². The molecule has 4 heteroatoms. The fourth-order valence-corrected chi connectivity index (χ4v) is 2.22. The van der Waals surface area contributed by atoms with Gasteiger partial charge in [-0.25, -0.2) is 0 Å². The third-order valence-electron chi connectivity index (χ3n) is 1.96. The van der Waals surface area contributed by atoms with Crippen LogP contribution in [0.3, 0.4) is 0 Å². The number of nitrogens with two attached hydrogens (primary N) is 1. The average molecular weight is 211 g/mol. The van der Waals surface area contributed by atoms with Crippen molar-refractivity contribution in [3.05, 3.63) is 24.3 Å². The molecule has 14 heavy (non-hydrogen) atoms. The third-order valence-corrected chi connectivity index (χ3v) is 3.01. The van der Waals surface area contributed by atoms with E-state index in [9.17, 15) is 0 Å². The average Bonchev–Trinajstić information content (AvgIpc) is 2.56. The molecule has 2 rings (SSSR count). The van der Waals surface area contributed by atoms with Gasteiger partial charge in [0.05, 0.1) is 6.61 Å². The summed E-state index contributed by atoms with van der Waals surface area (Å²) < 4.78 is 10.8. The van der Waals surface area contributed by atoms with E-state index in [4.69, 9.17) is 15.2 Å². The predicted molar refractivity (Wildman–Crippen MR) is 57.0 cm³/mol. The van der Waals surface area contributed by atoms with E-state index in [1.165, 1.54) is 0 Å². The largest absolute Gasteiger partial charge is 0.399 e. The lowest BCUT2D eigenvalue weighted by molar-refractivity contribution is -0.0296. The molecule has 2 atom stereocenters. The Morgan fingerprint density at radius 2 is 2.07 bits per heavy atom. The van der Waals surface area contributed by atoms with E-state index in [0.717, 1.165) is 10.6 Å². The fourth-order valence-electron chi connectivity index (χ4n) is 1.27. The molecule has 1 aromatic carbocycles. The summed E-state index contributed by atoms with van der Waals surface area (Å²) in [7, 11) is 0. The number of rotatable bonds is 2. The van der Waals surface area contributed by atoms with Crippen LogP contribution in [0.2, 0.25) is 0 Å². The molecule has 1 saturated heterocycles. The lowest BCUT2D eigenvalue weighted by Crippen LogP contribution is -2.05. The SMILES string of the molecule is CC1OCC(Sc2ccc(N)cc2)O1. The van der Waals surface area contributed by atoms with Crippen LogP contribution in [0.5, 0.6) is 0 Å². The summed E-state index contributed by atoms with van der Waals surface area (Å²) in [4.78, 5) is 1.15. The number of thioether (sulfide) groups is 1. The van der Waals surface area contributed by atoms with E-state index in [1.54, 1.807) is 11.8 Å². The first kappa shape index (κ1) is 9.83. The molecule has 2 N–H and O–H groups in total. The molecule has 0 radical (unpaired) electrons. The summed E-state index contributed by atoms with van der Waals surface area (Å²) in [6.07, 6.45) is -0.0821. The van der Waals surface area contributed by atoms with Crippen LogP contribution in [-0.4, -0.2) is 18.3 Å². The maximum atomic E-state index is 5.59. The molecular weight excluding hydrogens is 198 g/mol. The second-order valence-electron chi connectivity index (χ2n) is 3.15. The normalized spacial score (nSPS) is 26.6. The summed E-state index contributed by atoms with van der Waals surface area (Å²) in [5.74, 6) is 0. The first-order chi connectivity index (χ1) is 6.74. The van der Waals surface area contributed by atoms with Gasteiger partial charge in [-0.05, 0) is 31.2 Å². The van der Waals surface area contributed by atoms with Gasteiger partial charge in [-0.3, -0.25) is 0 Å². The Hall–Kier alpha value is -0.710. The van der Waals surface area contributed by atoms with Crippen molar-refractivity contribution < 1.29 is 9.47 Å². The zero-order valence-electron chi connectivity index (χ0n) is 7.97. The number of benzene rings is 1. The summed E-state index contributed by atoms with van der Waals surface area (Å²) in [5, 5.41) is 0. The van der Waals surface area contributed by atoms with Crippen molar-refractivity contribution >= 4 is 17.4 Å². The van der Waals surface area contributed by atoms with Gasteiger partial charge in [-0.2, -0.15) is 0 Å². The first-order valence-electron chi connectivity index (χ1n) is 4.53. The van der Waals surface area contributed by atoms with E-state index >= 15 is 0 Å². The molecule has 1 aliphatic rings. The van der Waals surface area contributed by atoms with Gasteiger partial charge in [-0.15, -0.1) is 0 Å². The highest BCUT2D eigenvalue weighted by atomic mass is 32.2. The molecule has 0 spiro atoms. The Morgan fingerprint density at radius 1 is 1.36 bits per heavy atom. The summed E-state index contributed by atoms with van der Waals surface area (Å²) >= 11 is 1.66. The first-order valence-corrected chi connectivity index (χ1v) is 5.41. The second kappa shape index (κ2) is 4.21. The lowest BCUT2D eigenvalue weighted by atomic mass is 10.3. The van der Waals surface area contributed by atoms with Gasteiger partial charge in [0.2, 0.25) is 0 Å². The van der Waals surface area contributed by atoms with Gasteiger partial charge in [0, 0.05) is 10.6 Å². The minimum atomic E-state index is -0.0821. The minimum Gasteiger partial charge on any atom is -0.399 e. The Morgan fingerprint density at radius 3 is 2.64 bits per heavy atom. The molecule has 0 aliphatic carbocycles. The minimum absolute atomic E-state index is 0.0821. The lowest BCUT2D eigenvalue weighted by Gasteiger charge is -2.07. The number of nitrogen functional groups attached to an aromatic ring is 1.